The van der Waals surface area contributed by atoms with Crippen LogP contribution in [0.3, 0.4) is 0 Å². The fourth-order valence-corrected chi connectivity index (χ4v) is 4.70. The lowest BCUT2D eigenvalue weighted by molar-refractivity contribution is 0.0257. The molecule has 5 aromatic rings. The van der Waals surface area contributed by atoms with Gasteiger partial charge in [0.15, 0.2) is 0 Å². The van der Waals surface area contributed by atoms with Crippen LogP contribution in [0, 0.1) is 5.82 Å². The van der Waals surface area contributed by atoms with E-state index in [9.17, 15) is 18.0 Å². The van der Waals surface area contributed by atoms with Crippen molar-refractivity contribution >= 4 is 44.1 Å². The Morgan fingerprint density at radius 3 is 2.76 bits per heavy atom. The number of aromatic nitrogens is 4. The second kappa shape index (κ2) is 6.71. The lowest BCUT2D eigenvalue weighted by Gasteiger charge is -2.22. The molecule has 3 aromatic heterocycles. The van der Waals surface area contributed by atoms with Crippen molar-refractivity contribution in [1.29, 1.82) is 0 Å². The van der Waals surface area contributed by atoms with Crippen molar-refractivity contribution in [1.82, 2.24) is 20.2 Å². The topological polar surface area (TPSA) is 104 Å². The largest absolute Gasteiger partial charge is 0.394 e. The van der Waals surface area contributed by atoms with Crippen molar-refractivity contribution in [2.75, 3.05) is 23.7 Å². The van der Waals surface area contributed by atoms with Crippen molar-refractivity contribution in [3.05, 3.63) is 58.9 Å². The van der Waals surface area contributed by atoms with Gasteiger partial charge in [0.25, 0.3) is 11.5 Å². The van der Waals surface area contributed by atoms with E-state index in [1.807, 2.05) is 0 Å². The molecule has 166 valence electrons. The van der Waals surface area contributed by atoms with Crippen LogP contribution in [0.4, 0.5) is 24.5 Å². The molecule has 4 N–H and O–H groups in total. The molecule has 33 heavy (non-hydrogen) atoms. The molecule has 6 rings (SSSR count). The number of aromatic amines is 2. The van der Waals surface area contributed by atoms with E-state index in [1.165, 1.54) is 18.3 Å². The fourth-order valence-electron chi connectivity index (χ4n) is 4.70. The first kappa shape index (κ1) is 19.6. The van der Waals surface area contributed by atoms with Crippen molar-refractivity contribution in [2.45, 2.75) is 12.3 Å². The van der Waals surface area contributed by atoms with Gasteiger partial charge in [-0.1, -0.05) is 6.07 Å². The third-order valence-corrected chi connectivity index (χ3v) is 6.24. The summed E-state index contributed by atoms with van der Waals surface area (Å²) in [5, 5.41) is 8.16. The maximum atomic E-state index is 14.3. The fraction of sp³-hybridized carbons (Fsp3) is 0.174. The molecule has 0 bridgehead atoms. The zero-order valence-electron chi connectivity index (χ0n) is 17.1. The Balaban J connectivity index is 1.75. The Hall–Kier alpha value is -4.08. The average molecular weight is 450 g/mol. The number of H-pyrrole nitrogens is 2. The van der Waals surface area contributed by atoms with Gasteiger partial charge in [-0.3, -0.25) is 14.9 Å². The molecular formula is C23H17F3N6O. The maximum absolute atomic E-state index is 14.3. The molecular weight excluding hydrogens is 433 g/mol. The van der Waals surface area contributed by atoms with E-state index in [4.69, 9.17) is 5.73 Å². The predicted octanol–water partition coefficient (Wildman–Crippen LogP) is 4.19. The van der Waals surface area contributed by atoms with Crippen LogP contribution in [0.2, 0.25) is 0 Å². The summed E-state index contributed by atoms with van der Waals surface area (Å²) in [6.07, 6.45) is 2.78. The third kappa shape index (κ3) is 2.86. The average Bonchev–Trinajstić information content (AvgIpc) is 3.43. The SMILES string of the molecule is Nc1c(-c2ccc(F)c3[nH]ncc23)c2cc(N3CCC(F)(F)C3)c3cccnc3c2[nH]c1=O. The van der Waals surface area contributed by atoms with E-state index in [0.29, 0.717) is 44.0 Å². The number of benzene rings is 2. The first-order valence-corrected chi connectivity index (χ1v) is 10.3. The highest BCUT2D eigenvalue weighted by molar-refractivity contribution is 6.17. The third-order valence-electron chi connectivity index (χ3n) is 6.24. The molecule has 0 unspecified atom stereocenters. The van der Waals surface area contributed by atoms with E-state index in [2.05, 4.69) is 20.2 Å². The number of alkyl halides is 2. The number of hydrogen-bond donors (Lipinski definition) is 3. The van der Waals surface area contributed by atoms with Gasteiger partial charge < -0.3 is 15.6 Å². The van der Waals surface area contributed by atoms with E-state index in [0.717, 1.165) is 0 Å². The van der Waals surface area contributed by atoms with Gasteiger partial charge in [0.2, 0.25) is 0 Å². The molecule has 4 heterocycles. The standard InChI is InChI=1S/C23H17F3N6O/c24-15-4-3-11(14-9-29-31-19(14)15)17-13-8-16(32-7-5-23(25,26)10-32)12-2-1-6-28-20(12)21(13)30-22(33)18(17)27/h1-4,6,8-9H,5,7,10,27H2,(H,29,31)(H,30,33). The highest BCUT2D eigenvalue weighted by Crippen LogP contribution is 2.42. The van der Waals surface area contributed by atoms with Gasteiger partial charge in [0.05, 0.1) is 23.8 Å². The number of fused-ring (bicyclic) bond motifs is 4. The molecule has 1 aliphatic heterocycles. The molecule has 2 aromatic carbocycles. The van der Waals surface area contributed by atoms with E-state index < -0.39 is 23.8 Å². The highest BCUT2D eigenvalue weighted by atomic mass is 19.3. The van der Waals surface area contributed by atoms with Gasteiger partial charge >= 0.3 is 0 Å². The number of rotatable bonds is 2. The van der Waals surface area contributed by atoms with Crippen LogP contribution >= 0.6 is 0 Å². The molecule has 0 aliphatic carbocycles. The van der Waals surface area contributed by atoms with Crippen LogP contribution in [0.15, 0.2) is 47.5 Å². The first-order chi connectivity index (χ1) is 15.8. The molecule has 0 spiro atoms. The summed E-state index contributed by atoms with van der Waals surface area (Å²) in [6, 6.07) is 8.05. The Kier molecular flexibility index (Phi) is 3.98. The number of halogens is 3. The van der Waals surface area contributed by atoms with Crippen LogP contribution in [0.1, 0.15) is 6.42 Å². The maximum Gasteiger partial charge on any atom is 0.272 e. The molecule has 1 saturated heterocycles. The van der Waals surface area contributed by atoms with Crippen molar-refractivity contribution < 1.29 is 13.2 Å². The van der Waals surface area contributed by atoms with Crippen molar-refractivity contribution in [3.63, 3.8) is 0 Å². The van der Waals surface area contributed by atoms with Gasteiger partial charge in [0.1, 0.15) is 17.0 Å². The number of nitrogens with zero attached hydrogens (tertiary/aromatic N) is 3. The van der Waals surface area contributed by atoms with E-state index in [1.54, 1.807) is 29.3 Å². The summed E-state index contributed by atoms with van der Waals surface area (Å²) in [6.45, 7) is -0.238. The number of nitrogen functional groups attached to an aromatic ring is 1. The molecule has 0 atom stereocenters. The van der Waals surface area contributed by atoms with E-state index in [-0.39, 0.29) is 24.2 Å². The normalized spacial score (nSPS) is 15.8. The molecule has 1 aliphatic rings. The molecule has 1 fully saturated rings. The Labute approximate surface area is 184 Å². The zero-order valence-corrected chi connectivity index (χ0v) is 17.1. The Bertz CT molecular complexity index is 1640. The van der Waals surface area contributed by atoms with Gasteiger partial charge in [-0.15, -0.1) is 0 Å². The van der Waals surface area contributed by atoms with Gasteiger partial charge in [-0.05, 0) is 29.8 Å². The highest BCUT2D eigenvalue weighted by Gasteiger charge is 2.39. The summed E-state index contributed by atoms with van der Waals surface area (Å²) in [4.78, 5) is 21.7. The number of pyridine rings is 2. The smallest absolute Gasteiger partial charge is 0.272 e. The van der Waals surface area contributed by atoms with Gasteiger partial charge in [-0.2, -0.15) is 5.10 Å². The van der Waals surface area contributed by atoms with Crippen LogP contribution < -0.4 is 16.2 Å². The Morgan fingerprint density at radius 2 is 1.97 bits per heavy atom. The van der Waals surface area contributed by atoms with Gasteiger partial charge in [0, 0.05) is 46.6 Å². The molecule has 0 radical (unpaired) electrons. The van der Waals surface area contributed by atoms with Crippen LogP contribution in [-0.4, -0.2) is 39.2 Å². The molecule has 10 heteroatoms. The summed E-state index contributed by atoms with van der Waals surface area (Å²) in [5.74, 6) is -3.29. The minimum Gasteiger partial charge on any atom is -0.394 e. The summed E-state index contributed by atoms with van der Waals surface area (Å²) in [5.41, 5.74) is 8.17. The van der Waals surface area contributed by atoms with E-state index >= 15 is 0 Å². The first-order valence-electron chi connectivity index (χ1n) is 10.3. The molecule has 7 nitrogen and oxygen atoms in total. The summed E-state index contributed by atoms with van der Waals surface area (Å²) >= 11 is 0. The van der Waals surface area contributed by atoms with Crippen LogP contribution in [0.25, 0.3) is 43.8 Å². The second-order valence-corrected chi connectivity index (χ2v) is 8.24. The summed E-state index contributed by atoms with van der Waals surface area (Å²) < 4.78 is 42.4. The van der Waals surface area contributed by atoms with Crippen LogP contribution in [0.5, 0.6) is 0 Å². The molecule has 0 saturated carbocycles. The minimum absolute atomic E-state index is 0.0652. The van der Waals surface area contributed by atoms with Crippen molar-refractivity contribution in [2.24, 2.45) is 0 Å². The number of nitrogens with two attached hydrogens (primary N) is 1. The minimum atomic E-state index is -2.80. The second-order valence-electron chi connectivity index (χ2n) is 8.24. The predicted molar refractivity (Wildman–Crippen MR) is 121 cm³/mol. The van der Waals surface area contributed by atoms with Gasteiger partial charge in [-0.25, -0.2) is 13.2 Å². The quantitative estimate of drug-likeness (QED) is 0.350. The number of anilines is 2. The monoisotopic (exact) mass is 450 g/mol. The zero-order chi connectivity index (χ0) is 22.9. The Morgan fingerprint density at radius 1 is 1.12 bits per heavy atom. The molecule has 0 amide bonds. The number of hydrogen-bond acceptors (Lipinski definition) is 5. The van der Waals surface area contributed by atoms with Crippen molar-refractivity contribution in [3.8, 4) is 11.1 Å². The summed E-state index contributed by atoms with van der Waals surface area (Å²) in [7, 11) is 0. The van der Waals surface area contributed by atoms with Crippen LogP contribution in [-0.2, 0) is 0 Å². The lowest BCUT2D eigenvalue weighted by atomic mass is 9.95. The lowest BCUT2D eigenvalue weighted by Crippen LogP contribution is -2.25. The number of nitrogens with one attached hydrogen (secondary N) is 2.